The zero-order valence-corrected chi connectivity index (χ0v) is 14.9. The fourth-order valence-corrected chi connectivity index (χ4v) is 3.20. The molecule has 1 aromatic heterocycles. The van der Waals surface area contributed by atoms with Crippen LogP contribution >= 0.6 is 0 Å². The first-order valence-corrected chi connectivity index (χ1v) is 8.91. The molecule has 0 spiro atoms. The molecule has 1 atom stereocenters. The Bertz CT molecular complexity index is 667. The average Bonchev–Trinajstić information content (AvgIpc) is 2.67. The summed E-state index contributed by atoms with van der Waals surface area (Å²) in [5, 5.41) is 3.21. The Labute approximate surface area is 149 Å². The number of nitrogens with zero attached hydrogens (tertiary/aromatic N) is 3. The molecule has 1 aromatic carbocycles. The Kier molecular flexibility index (Phi) is 5.53. The van der Waals surface area contributed by atoms with Crippen LogP contribution < -0.4 is 10.2 Å². The lowest BCUT2D eigenvalue weighted by molar-refractivity contribution is 0.186. The van der Waals surface area contributed by atoms with E-state index in [1.165, 1.54) is 0 Å². The van der Waals surface area contributed by atoms with Crippen LogP contribution in [0.15, 0.2) is 54.7 Å². The molecule has 25 heavy (non-hydrogen) atoms. The molecule has 1 aliphatic heterocycles. The standard InChI is InChI=1S/C20H26N4O/c1-16(2)19(17-8-4-3-5-9-17)22-20(25)24-14-12-23(13-15-24)18-10-6-7-11-21-18/h3-11,16,19H,12-15H2,1-2H3,(H,22,25). The molecule has 2 amide bonds. The molecule has 5 heteroatoms. The van der Waals surface area contributed by atoms with E-state index in [1.807, 2.05) is 47.5 Å². The lowest BCUT2D eigenvalue weighted by Gasteiger charge is -2.36. The van der Waals surface area contributed by atoms with E-state index in [0.29, 0.717) is 19.0 Å². The van der Waals surface area contributed by atoms with E-state index < -0.39 is 0 Å². The average molecular weight is 338 g/mol. The SMILES string of the molecule is CC(C)C(NC(=O)N1CCN(c2ccccn2)CC1)c1ccccc1. The molecule has 1 aliphatic rings. The zero-order valence-electron chi connectivity index (χ0n) is 14.9. The van der Waals surface area contributed by atoms with Gasteiger partial charge in [-0.2, -0.15) is 0 Å². The molecule has 3 rings (SSSR count). The van der Waals surface area contributed by atoms with Gasteiger partial charge in [-0.1, -0.05) is 50.2 Å². The van der Waals surface area contributed by atoms with Gasteiger partial charge >= 0.3 is 6.03 Å². The number of piperazine rings is 1. The third-order valence-corrected chi connectivity index (χ3v) is 4.64. The minimum Gasteiger partial charge on any atom is -0.353 e. The van der Waals surface area contributed by atoms with Gasteiger partial charge in [0.15, 0.2) is 0 Å². The molecule has 132 valence electrons. The Morgan fingerprint density at radius 1 is 1.00 bits per heavy atom. The van der Waals surface area contributed by atoms with Crippen LogP contribution in [0.1, 0.15) is 25.5 Å². The van der Waals surface area contributed by atoms with Crippen molar-refractivity contribution in [2.24, 2.45) is 5.92 Å². The lowest BCUT2D eigenvalue weighted by atomic mass is 9.96. The number of nitrogens with one attached hydrogen (secondary N) is 1. The minimum absolute atomic E-state index is 0.0169. The van der Waals surface area contributed by atoms with Gasteiger partial charge in [-0.25, -0.2) is 9.78 Å². The highest BCUT2D eigenvalue weighted by Crippen LogP contribution is 2.22. The van der Waals surface area contributed by atoms with Crippen molar-refractivity contribution in [3.05, 3.63) is 60.3 Å². The highest BCUT2D eigenvalue weighted by atomic mass is 16.2. The summed E-state index contributed by atoms with van der Waals surface area (Å²) in [5.74, 6) is 1.31. The molecular weight excluding hydrogens is 312 g/mol. The Morgan fingerprint density at radius 3 is 2.28 bits per heavy atom. The Morgan fingerprint density at radius 2 is 1.68 bits per heavy atom. The molecule has 1 unspecified atom stereocenters. The Hall–Kier alpha value is -2.56. The monoisotopic (exact) mass is 338 g/mol. The highest BCUT2D eigenvalue weighted by molar-refractivity contribution is 5.75. The minimum atomic E-state index is 0.0169. The second kappa shape index (κ2) is 8.01. The van der Waals surface area contributed by atoms with E-state index in [2.05, 4.69) is 41.2 Å². The number of hydrogen-bond donors (Lipinski definition) is 1. The summed E-state index contributed by atoms with van der Waals surface area (Å²) in [6.07, 6.45) is 1.81. The summed E-state index contributed by atoms with van der Waals surface area (Å²) in [7, 11) is 0. The topological polar surface area (TPSA) is 48.5 Å². The van der Waals surface area contributed by atoms with Crippen LogP contribution in [-0.4, -0.2) is 42.1 Å². The van der Waals surface area contributed by atoms with Crippen molar-refractivity contribution in [2.75, 3.05) is 31.1 Å². The molecule has 0 radical (unpaired) electrons. The predicted octanol–water partition coefficient (Wildman–Crippen LogP) is 3.31. The van der Waals surface area contributed by atoms with Gasteiger partial charge in [-0.15, -0.1) is 0 Å². The number of hydrogen-bond acceptors (Lipinski definition) is 3. The summed E-state index contributed by atoms with van der Waals surface area (Å²) in [6, 6.07) is 16.2. The number of urea groups is 1. The van der Waals surface area contributed by atoms with E-state index in [-0.39, 0.29) is 12.1 Å². The summed E-state index contributed by atoms with van der Waals surface area (Å²) in [4.78, 5) is 21.2. The molecule has 2 heterocycles. The van der Waals surface area contributed by atoms with Crippen molar-refractivity contribution in [2.45, 2.75) is 19.9 Å². The maximum atomic E-state index is 12.7. The van der Waals surface area contributed by atoms with Gasteiger partial charge in [0.1, 0.15) is 5.82 Å². The van der Waals surface area contributed by atoms with Crippen LogP contribution in [0, 0.1) is 5.92 Å². The molecule has 0 aliphatic carbocycles. The molecular formula is C20H26N4O. The number of carbonyl (C=O) groups is 1. The van der Waals surface area contributed by atoms with Gasteiger partial charge in [-0.05, 0) is 23.6 Å². The van der Waals surface area contributed by atoms with Gasteiger partial charge in [0, 0.05) is 32.4 Å². The van der Waals surface area contributed by atoms with Crippen LogP contribution in [0.4, 0.5) is 10.6 Å². The van der Waals surface area contributed by atoms with E-state index in [1.54, 1.807) is 0 Å². The molecule has 1 saturated heterocycles. The highest BCUT2D eigenvalue weighted by Gasteiger charge is 2.25. The van der Waals surface area contributed by atoms with Gasteiger partial charge in [0.2, 0.25) is 0 Å². The van der Waals surface area contributed by atoms with Crippen LogP contribution in [0.3, 0.4) is 0 Å². The van der Waals surface area contributed by atoms with Crippen molar-refractivity contribution in [3.63, 3.8) is 0 Å². The van der Waals surface area contributed by atoms with Crippen LogP contribution in [0.2, 0.25) is 0 Å². The molecule has 5 nitrogen and oxygen atoms in total. The van der Waals surface area contributed by atoms with E-state index in [0.717, 1.165) is 24.5 Å². The lowest BCUT2D eigenvalue weighted by Crippen LogP contribution is -2.52. The third kappa shape index (κ3) is 4.29. The number of carbonyl (C=O) groups excluding carboxylic acids is 1. The number of pyridine rings is 1. The van der Waals surface area contributed by atoms with E-state index in [4.69, 9.17) is 0 Å². The van der Waals surface area contributed by atoms with Crippen molar-refractivity contribution in [3.8, 4) is 0 Å². The number of aromatic nitrogens is 1. The van der Waals surface area contributed by atoms with Crippen molar-refractivity contribution in [1.29, 1.82) is 0 Å². The zero-order chi connectivity index (χ0) is 17.6. The second-order valence-electron chi connectivity index (χ2n) is 6.74. The fraction of sp³-hybridized carbons (Fsp3) is 0.400. The van der Waals surface area contributed by atoms with Gasteiger partial charge < -0.3 is 15.1 Å². The largest absolute Gasteiger partial charge is 0.353 e. The molecule has 1 fully saturated rings. The van der Waals surface area contributed by atoms with Crippen molar-refractivity contribution >= 4 is 11.8 Å². The maximum absolute atomic E-state index is 12.7. The summed E-state index contributed by atoms with van der Waals surface area (Å²) < 4.78 is 0. The normalized spacial score (nSPS) is 16.0. The van der Waals surface area contributed by atoms with Crippen molar-refractivity contribution < 1.29 is 4.79 Å². The predicted molar refractivity (Wildman–Crippen MR) is 101 cm³/mol. The van der Waals surface area contributed by atoms with Crippen molar-refractivity contribution in [1.82, 2.24) is 15.2 Å². The van der Waals surface area contributed by atoms with Gasteiger partial charge in [-0.3, -0.25) is 0 Å². The summed E-state index contributed by atoms with van der Waals surface area (Å²) in [5.41, 5.74) is 1.15. The molecule has 1 N–H and O–H groups in total. The smallest absolute Gasteiger partial charge is 0.318 e. The quantitative estimate of drug-likeness (QED) is 0.930. The number of benzene rings is 1. The molecule has 0 bridgehead atoms. The first kappa shape index (κ1) is 17.3. The fourth-order valence-electron chi connectivity index (χ4n) is 3.20. The van der Waals surface area contributed by atoms with E-state index >= 15 is 0 Å². The van der Waals surface area contributed by atoms with Gasteiger partial charge in [0.05, 0.1) is 6.04 Å². The van der Waals surface area contributed by atoms with Crippen LogP contribution in [0.25, 0.3) is 0 Å². The number of rotatable bonds is 4. The van der Waals surface area contributed by atoms with Gasteiger partial charge in [0.25, 0.3) is 0 Å². The molecule has 0 saturated carbocycles. The number of amides is 2. The maximum Gasteiger partial charge on any atom is 0.318 e. The van der Waals surface area contributed by atoms with Crippen LogP contribution in [0.5, 0.6) is 0 Å². The Balaban J connectivity index is 1.58. The first-order valence-electron chi connectivity index (χ1n) is 8.91. The second-order valence-corrected chi connectivity index (χ2v) is 6.74. The van der Waals surface area contributed by atoms with Crippen LogP contribution in [-0.2, 0) is 0 Å². The number of anilines is 1. The summed E-state index contributed by atoms with van der Waals surface area (Å²) >= 11 is 0. The molecule has 2 aromatic rings. The first-order chi connectivity index (χ1) is 12.1. The van der Waals surface area contributed by atoms with E-state index in [9.17, 15) is 4.79 Å². The summed E-state index contributed by atoms with van der Waals surface area (Å²) in [6.45, 7) is 7.31. The third-order valence-electron chi connectivity index (χ3n) is 4.64.